The Balaban J connectivity index is 1.74. The van der Waals surface area contributed by atoms with Gasteiger partial charge >= 0.3 is 0 Å². The Hall–Kier alpha value is -4.23. The molecule has 1 saturated carbocycles. The van der Waals surface area contributed by atoms with Crippen LogP contribution in [0.4, 0.5) is 33.3 Å². The number of aromatic nitrogens is 1. The van der Waals surface area contributed by atoms with E-state index in [9.17, 15) is 31.2 Å². The van der Waals surface area contributed by atoms with Crippen LogP contribution in [-0.4, -0.2) is 19.3 Å². The van der Waals surface area contributed by atoms with Gasteiger partial charge < -0.3 is 10.3 Å². The monoisotopic (exact) mass is 707 g/mol. The number of halogens is 6. The van der Waals surface area contributed by atoms with Crippen molar-refractivity contribution in [1.29, 1.82) is 0 Å². The Labute approximate surface area is 278 Å². The van der Waals surface area contributed by atoms with Crippen LogP contribution in [0.3, 0.4) is 0 Å². The number of carbonyl (C=O) groups excluding carboxylic acids is 1. The summed E-state index contributed by atoms with van der Waals surface area (Å²) in [5, 5.41) is 1.60. The number of amides is 1. The summed E-state index contributed by atoms with van der Waals surface area (Å²) in [6, 6.07) is 12.2. The molecule has 48 heavy (non-hydrogen) atoms. The minimum atomic E-state index is -5.42. The number of carbonyl (C=O) groups is 1. The maximum Gasteiger partial charge on any atom is 0.282 e. The molecule has 254 valence electrons. The third kappa shape index (κ3) is 7.12. The number of rotatable bonds is 9. The van der Waals surface area contributed by atoms with Gasteiger partial charge in [0.1, 0.15) is 5.69 Å². The molecular formula is C34H31ClF5N3O4S. The van der Waals surface area contributed by atoms with Gasteiger partial charge in [0.2, 0.25) is 17.3 Å². The summed E-state index contributed by atoms with van der Waals surface area (Å²) in [5.74, 6) is -12.5. The molecule has 3 aromatic carbocycles. The van der Waals surface area contributed by atoms with E-state index in [4.69, 9.17) is 11.6 Å². The van der Waals surface area contributed by atoms with E-state index in [1.54, 1.807) is 0 Å². The number of sulfonamides is 1. The van der Waals surface area contributed by atoms with Gasteiger partial charge in [-0.2, -0.15) is 8.42 Å². The number of nitrogens with zero attached hydrogens (tertiary/aromatic N) is 1. The van der Waals surface area contributed by atoms with Crippen molar-refractivity contribution in [2.45, 2.75) is 69.9 Å². The van der Waals surface area contributed by atoms with Crippen molar-refractivity contribution in [2.75, 3.05) is 9.62 Å². The molecule has 0 unspecified atom stereocenters. The Bertz CT molecular complexity index is 2060. The van der Waals surface area contributed by atoms with Gasteiger partial charge in [0.15, 0.2) is 28.3 Å². The summed E-state index contributed by atoms with van der Waals surface area (Å²) in [6.07, 6.45) is 1.95. The molecule has 0 radical (unpaired) electrons. The normalized spacial score (nSPS) is 13.5. The molecule has 1 aromatic heterocycles. The van der Waals surface area contributed by atoms with Crippen LogP contribution in [0.5, 0.6) is 0 Å². The van der Waals surface area contributed by atoms with Crippen molar-refractivity contribution in [3.05, 3.63) is 121 Å². The molecule has 1 amide bonds. The van der Waals surface area contributed by atoms with Crippen LogP contribution < -0.4 is 15.2 Å². The van der Waals surface area contributed by atoms with Gasteiger partial charge in [-0.1, -0.05) is 62.7 Å². The average Bonchev–Trinajstić information content (AvgIpc) is 3.86. The number of anilines is 2. The van der Waals surface area contributed by atoms with Crippen LogP contribution >= 0.6 is 11.6 Å². The zero-order valence-electron chi connectivity index (χ0n) is 26.3. The first-order chi connectivity index (χ1) is 22.4. The molecule has 14 heteroatoms. The molecule has 0 spiro atoms. The minimum absolute atomic E-state index is 0.0317. The van der Waals surface area contributed by atoms with Crippen LogP contribution in [-0.2, 0) is 33.2 Å². The van der Waals surface area contributed by atoms with Crippen molar-refractivity contribution in [2.24, 2.45) is 0 Å². The lowest BCUT2D eigenvalue weighted by Crippen LogP contribution is -2.35. The molecule has 0 atom stereocenters. The zero-order chi connectivity index (χ0) is 35.3. The predicted octanol–water partition coefficient (Wildman–Crippen LogP) is 7.84. The number of nitrogens with one attached hydrogen (secondary N) is 2. The maximum absolute atomic E-state index is 15.3. The van der Waals surface area contributed by atoms with E-state index in [1.165, 1.54) is 24.3 Å². The average molecular weight is 708 g/mol. The number of hydrogen-bond donors (Lipinski definition) is 2. The first-order valence-corrected chi connectivity index (χ1v) is 16.7. The van der Waals surface area contributed by atoms with E-state index in [0.717, 1.165) is 37.0 Å². The number of hydrogen-bond acceptors (Lipinski definition) is 4. The van der Waals surface area contributed by atoms with E-state index in [0.29, 0.717) is 11.5 Å². The van der Waals surface area contributed by atoms with Gasteiger partial charge in [0.25, 0.3) is 10.0 Å². The first kappa shape index (κ1) is 35.1. The molecule has 0 saturated heterocycles. The van der Waals surface area contributed by atoms with Crippen LogP contribution in [0.15, 0.2) is 58.4 Å². The highest BCUT2D eigenvalue weighted by molar-refractivity contribution is 7.92. The highest BCUT2D eigenvalue weighted by Crippen LogP contribution is 2.42. The molecule has 1 aliphatic rings. The molecular weight excluding hydrogens is 677 g/mol. The topological polar surface area (TPSA) is 99.3 Å². The summed E-state index contributed by atoms with van der Waals surface area (Å²) in [7, 11) is -5.42. The fourth-order valence-corrected chi connectivity index (χ4v) is 7.06. The third-order valence-corrected chi connectivity index (χ3v) is 9.91. The summed E-state index contributed by atoms with van der Waals surface area (Å²) in [4.78, 5) is 27.6. The van der Waals surface area contributed by atoms with E-state index in [-0.39, 0.29) is 32.3 Å². The number of pyridine rings is 1. The lowest BCUT2D eigenvalue weighted by molar-refractivity contribution is -0.114. The lowest BCUT2D eigenvalue weighted by atomic mass is 9.83. The van der Waals surface area contributed by atoms with Crippen molar-refractivity contribution >= 4 is 38.9 Å². The van der Waals surface area contributed by atoms with E-state index in [2.05, 4.69) is 16.4 Å². The fourth-order valence-electron chi connectivity index (χ4n) is 5.32. The maximum atomic E-state index is 15.3. The Morgan fingerprint density at radius 2 is 1.50 bits per heavy atom. The quantitative estimate of drug-likeness (QED) is 0.105. The van der Waals surface area contributed by atoms with Gasteiger partial charge in [0, 0.05) is 18.0 Å². The van der Waals surface area contributed by atoms with Crippen molar-refractivity contribution in [3.63, 3.8) is 0 Å². The van der Waals surface area contributed by atoms with Gasteiger partial charge in [-0.15, -0.1) is 0 Å². The molecule has 2 N–H and O–H groups in total. The summed E-state index contributed by atoms with van der Waals surface area (Å²) >= 11 is 5.92. The third-order valence-electron chi connectivity index (χ3n) is 7.94. The van der Waals surface area contributed by atoms with Gasteiger partial charge in [-0.25, -0.2) is 22.0 Å². The Morgan fingerprint density at radius 3 is 2.04 bits per heavy atom. The Kier molecular flexibility index (Phi) is 9.50. The standard InChI is InChI=1S/C34H31ClF5N3O4S/c1-17(44)41-31-22(12-19-11-21(20-7-8-20)14-23(13-19)34(2,3)4)15-25(45)42-33(31)48(46,47)43(16-18-5-9-24(35)10-6-18)32-29(39)27(37)26(36)28(38)30(32)40/h5-6,9-11,13-15,20H,7-8,12,16H2,1-4H3,(H,41,44)(H,42,45). The van der Waals surface area contributed by atoms with Gasteiger partial charge in [0.05, 0.1) is 12.2 Å². The predicted molar refractivity (Wildman–Crippen MR) is 172 cm³/mol. The zero-order valence-corrected chi connectivity index (χ0v) is 27.9. The second-order valence-corrected chi connectivity index (χ2v) is 15.0. The van der Waals surface area contributed by atoms with Crippen LogP contribution in [0.25, 0.3) is 0 Å². The lowest BCUT2D eigenvalue weighted by Gasteiger charge is -2.27. The fraction of sp³-hybridized carbons (Fsp3) is 0.294. The number of benzene rings is 3. The first-order valence-electron chi connectivity index (χ1n) is 14.8. The van der Waals surface area contributed by atoms with Gasteiger partial charge in [-0.3, -0.25) is 13.9 Å². The molecule has 1 fully saturated rings. The molecule has 0 bridgehead atoms. The van der Waals surface area contributed by atoms with Crippen molar-refractivity contribution < 1.29 is 35.2 Å². The molecule has 7 nitrogen and oxygen atoms in total. The second kappa shape index (κ2) is 13.0. The van der Waals surface area contributed by atoms with Crippen LogP contribution in [0.1, 0.15) is 74.3 Å². The second-order valence-electron chi connectivity index (χ2n) is 12.8. The largest absolute Gasteiger partial charge is 0.324 e. The number of aromatic amines is 1. The van der Waals surface area contributed by atoms with Gasteiger partial charge in [-0.05, 0) is 70.5 Å². The number of H-pyrrole nitrogens is 1. The molecule has 0 aliphatic heterocycles. The van der Waals surface area contributed by atoms with E-state index in [1.807, 2.05) is 32.9 Å². The minimum Gasteiger partial charge on any atom is -0.324 e. The molecule has 5 rings (SSSR count). The molecule has 1 aliphatic carbocycles. The van der Waals surface area contributed by atoms with E-state index < -0.39 is 73.5 Å². The molecule has 4 aromatic rings. The summed E-state index contributed by atoms with van der Waals surface area (Å²) in [6.45, 7) is 6.20. The summed E-state index contributed by atoms with van der Waals surface area (Å²) < 4.78 is 102. The Morgan fingerprint density at radius 1 is 0.917 bits per heavy atom. The highest BCUT2D eigenvalue weighted by Gasteiger charge is 2.38. The highest BCUT2D eigenvalue weighted by atomic mass is 35.5. The molecule has 1 heterocycles. The van der Waals surface area contributed by atoms with Crippen molar-refractivity contribution in [1.82, 2.24) is 4.98 Å². The smallest absolute Gasteiger partial charge is 0.282 e. The van der Waals surface area contributed by atoms with Crippen molar-refractivity contribution in [3.8, 4) is 0 Å². The summed E-state index contributed by atoms with van der Waals surface area (Å²) in [5.41, 5.74) is -0.619. The van der Waals surface area contributed by atoms with E-state index >= 15 is 8.78 Å². The SMILES string of the molecule is CC(=O)Nc1c(Cc2cc(C3CC3)cc(C(C)(C)C)c2)cc(=O)[nH]c1S(=O)(=O)N(Cc1ccc(Cl)cc1)c1c(F)c(F)c(F)c(F)c1F. The van der Waals surface area contributed by atoms with Crippen LogP contribution in [0, 0.1) is 29.1 Å². The van der Waals surface area contributed by atoms with Crippen LogP contribution in [0.2, 0.25) is 5.02 Å².